The number of hydrogen-bond acceptors (Lipinski definition) is 7. The van der Waals surface area contributed by atoms with Crippen LogP contribution in [0.15, 0.2) is 22.0 Å². The van der Waals surface area contributed by atoms with Crippen LogP contribution in [0, 0.1) is 0 Å². The van der Waals surface area contributed by atoms with E-state index in [-0.39, 0.29) is 0 Å². The van der Waals surface area contributed by atoms with E-state index in [9.17, 15) is 4.79 Å². The van der Waals surface area contributed by atoms with Gasteiger partial charge in [0.1, 0.15) is 0 Å². The van der Waals surface area contributed by atoms with Crippen LogP contribution in [0.4, 0.5) is 0 Å². The van der Waals surface area contributed by atoms with Crippen LogP contribution in [0.5, 0.6) is 0 Å². The Balaban J connectivity index is 1.64. The van der Waals surface area contributed by atoms with Crippen molar-refractivity contribution in [3.63, 3.8) is 0 Å². The first-order valence-electron chi connectivity index (χ1n) is 6.15. The van der Waals surface area contributed by atoms with Crippen LogP contribution < -0.4 is 0 Å². The van der Waals surface area contributed by atoms with Crippen molar-refractivity contribution in [2.45, 2.75) is 12.6 Å². The van der Waals surface area contributed by atoms with Crippen molar-refractivity contribution in [2.75, 3.05) is 19.7 Å². The van der Waals surface area contributed by atoms with E-state index in [0.717, 1.165) is 4.88 Å². The van der Waals surface area contributed by atoms with Gasteiger partial charge in [0.05, 0.1) is 18.0 Å². The molecule has 8 heteroatoms. The lowest BCUT2D eigenvalue weighted by Gasteiger charge is -2.29. The summed E-state index contributed by atoms with van der Waals surface area (Å²) < 4.78 is 10.4. The first kappa shape index (κ1) is 13.2. The van der Waals surface area contributed by atoms with Gasteiger partial charge in [0.15, 0.2) is 6.10 Å². The zero-order valence-electron chi connectivity index (χ0n) is 10.6. The molecule has 2 aromatic rings. The highest BCUT2D eigenvalue weighted by atomic mass is 32.1. The highest BCUT2D eigenvalue weighted by molar-refractivity contribution is 7.13. The molecule has 1 saturated heterocycles. The van der Waals surface area contributed by atoms with E-state index in [2.05, 4.69) is 10.1 Å². The summed E-state index contributed by atoms with van der Waals surface area (Å²) in [6, 6.07) is 3.85. The summed E-state index contributed by atoms with van der Waals surface area (Å²) in [5, 5.41) is 14.8. The number of rotatable bonds is 4. The van der Waals surface area contributed by atoms with E-state index in [1.165, 1.54) is 0 Å². The Morgan fingerprint density at radius 1 is 1.60 bits per heavy atom. The van der Waals surface area contributed by atoms with E-state index in [0.29, 0.717) is 38.0 Å². The van der Waals surface area contributed by atoms with Gasteiger partial charge in [-0.3, -0.25) is 4.90 Å². The van der Waals surface area contributed by atoms with Gasteiger partial charge in [-0.15, -0.1) is 11.3 Å². The van der Waals surface area contributed by atoms with Gasteiger partial charge < -0.3 is 14.4 Å². The third kappa shape index (κ3) is 2.87. The fraction of sp³-hybridized carbons (Fsp3) is 0.417. The SMILES string of the molecule is O=C(O)C1CN(Cc2nc(-c3cccs3)no2)CCO1. The summed E-state index contributed by atoms with van der Waals surface area (Å²) in [7, 11) is 0. The number of nitrogens with zero attached hydrogens (tertiary/aromatic N) is 3. The minimum Gasteiger partial charge on any atom is -0.479 e. The molecular formula is C12H13N3O4S. The Morgan fingerprint density at radius 3 is 3.25 bits per heavy atom. The molecule has 1 aliphatic heterocycles. The standard InChI is InChI=1S/C12H13N3O4S/c16-12(17)8-6-15(3-4-18-8)7-10-13-11(14-19-10)9-2-1-5-20-9/h1-2,5,8H,3-4,6-7H2,(H,16,17). The monoisotopic (exact) mass is 295 g/mol. The fourth-order valence-electron chi connectivity index (χ4n) is 2.01. The summed E-state index contributed by atoms with van der Waals surface area (Å²) in [5.41, 5.74) is 0. The number of ether oxygens (including phenoxy) is 1. The molecule has 0 amide bonds. The number of hydrogen-bond donors (Lipinski definition) is 1. The van der Waals surface area contributed by atoms with E-state index >= 15 is 0 Å². The minimum absolute atomic E-state index is 0.325. The molecule has 1 aliphatic rings. The van der Waals surface area contributed by atoms with Gasteiger partial charge in [0, 0.05) is 13.1 Å². The Labute approximate surface area is 118 Å². The second-order valence-electron chi connectivity index (χ2n) is 4.42. The summed E-state index contributed by atoms with van der Waals surface area (Å²) in [6.45, 7) is 1.81. The van der Waals surface area contributed by atoms with Crippen LogP contribution in [0.2, 0.25) is 0 Å². The van der Waals surface area contributed by atoms with Gasteiger partial charge in [-0.1, -0.05) is 11.2 Å². The van der Waals surface area contributed by atoms with E-state index < -0.39 is 12.1 Å². The van der Waals surface area contributed by atoms with Gasteiger partial charge >= 0.3 is 5.97 Å². The van der Waals surface area contributed by atoms with E-state index in [1.807, 2.05) is 22.4 Å². The third-order valence-electron chi connectivity index (χ3n) is 2.99. The molecule has 0 saturated carbocycles. The second-order valence-corrected chi connectivity index (χ2v) is 5.37. The van der Waals surface area contributed by atoms with Crippen molar-refractivity contribution in [2.24, 2.45) is 0 Å². The number of aliphatic carboxylic acids is 1. The summed E-state index contributed by atoms with van der Waals surface area (Å²) in [6.07, 6.45) is -0.788. The lowest BCUT2D eigenvalue weighted by atomic mass is 10.3. The van der Waals surface area contributed by atoms with Gasteiger partial charge in [0.25, 0.3) is 0 Å². The topological polar surface area (TPSA) is 88.7 Å². The summed E-state index contributed by atoms with van der Waals surface area (Å²) in [5.74, 6) is 0.108. The van der Waals surface area contributed by atoms with Crippen LogP contribution in [-0.2, 0) is 16.1 Å². The molecule has 1 N–H and O–H groups in total. The van der Waals surface area contributed by atoms with Crippen molar-refractivity contribution in [1.82, 2.24) is 15.0 Å². The molecule has 0 bridgehead atoms. The Hall–Kier alpha value is -1.77. The van der Waals surface area contributed by atoms with Gasteiger partial charge in [0.2, 0.25) is 11.7 Å². The molecule has 1 unspecified atom stereocenters. The van der Waals surface area contributed by atoms with Crippen LogP contribution in [0.1, 0.15) is 5.89 Å². The molecule has 0 radical (unpaired) electrons. The maximum absolute atomic E-state index is 10.9. The summed E-state index contributed by atoms with van der Waals surface area (Å²) >= 11 is 1.54. The van der Waals surface area contributed by atoms with E-state index in [1.54, 1.807) is 11.3 Å². The van der Waals surface area contributed by atoms with Crippen molar-refractivity contribution in [1.29, 1.82) is 0 Å². The van der Waals surface area contributed by atoms with Crippen molar-refractivity contribution >= 4 is 17.3 Å². The fourth-order valence-corrected chi connectivity index (χ4v) is 2.66. The molecule has 3 rings (SSSR count). The average molecular weight is 295 g/mol. The first-order valence-corrected chi connectivity index (χ1v) is 7.03. The Kier molecular flexibility index (Phi) is 3.77. The number of aromatic nitrogens is 2. The molecule has 1 atom stereocenters. The molecule has 2 aromatic heterocycles. The number of carboxylic acid groups (broad SMARTS) is 1. The second kappa shape index (κ2) is 5.70. The predicted octanol–water partition coefficient (Wildman–Crippen LogP) is 1.08. The Morgan fingerprint density at radius 2 is 2.50 bits per heavy atom. The Bertz CT molecular complexity index is 583. The van der Waals surface area contributed by atoms with Crippen LogP contribution >= 0.6 is 11.3 Å². The van der Waals surface area contributed by atoms with Gasteiger partial charge in [-0.25, -0.2) is 4.79 Å². The maximum atomic E-state index is 10.9. The molecule has 7 nitrogen and oxygen atoms in total. The first-order chi connectivity index (χ1) is 9.72. The molecule has 0 spiro atoms. The van der Waals surface area contributed by atoms with Crippen LogP contribution in [-0.4, -0.2) is 51.9 Å². The van der Waals surface area contributed by atoms with Crippen molar-refractivity contribution < 1.29 is 19.2 Å². The zero-order valence-corrected chi connectivity index (χ0v) is 11.4. The van der Waals surface area contributed by atoms with Crippen molar-refractivity contribution in [3.05, 3.63) is 23.4 Å². The molecule has 3 heterocycles. The van der Waals surface area contributed by atoms with Gasteiger partial charge in [-0.05, 0) is 11.4 Å². The zero-order chi connectivity index (χ0) is 13.9. The van der Waals surface area contributed by atoms with Gasteiger partial charge in [-0.2, -0.15) is 4.98 Å². The third-order valence-corrected chi connectivity index (χ3v) is 3.86. The number of carboxylic acids is 1. The quantitative estimate of drug-likeness (QED) is 0.902. The number of thiophene rings is 1. The predicted molar refractivity (Wildman–Crippen MR) is 70.3 cm³/mol. The molecule has 1 fully saturated rings. The maximum Gasteiger partial charge on any atom is 0.334 e. The largest absolute Gasteiger partial charge is 0.479 e. The average Bonchev–Trinajstić information content (AvgIpc) is 3.09. The van der Waals surface area contributed by atoms with Crippen LogP contribution in [0.3, 0.4) is 0 Å². The summed E-state index contributed by atoms with van der Waals surface area (Å²) in [4.78, 5) is 18.1. The highest BCUT2D eigenvalue weighted by Crippen LogP contribution is 2.21. The highest BCUT2D eigenvalue weighted by Gasteiger charge is 2.27. The molecule has 20 heavy (non-hydrogen) atoms. The van der Waals surface area contributed by atoms with Crippen LogP contribution in [0.25, 0.3) is 10.7 Å². The molecular weight excluding hydrogens is 282 g/mol. The number of carbonyl (C=O) groups is 1. The van der Waals surface area contributed by atoms with Crippen molar-refractivity contribution in [3.8, 4) is 10.7 Å². The minimum atomic E-state index is -0.945. The molecule has 0 aromatic carbocycles. The lowest BCUT2D eigenvalue weighted by molar-refractivity contribution is -0.156. The molecule has 0 aliphatic carbocycles. The van der Waals surface area contributed by atoms with E-state index in [4.69, 9.17) is 14.4 Å². The number of morpholine rings is 1. The smallest absolute Gasteiger partial charge is 0.334 e. The molecule has 106 valence electrons. The lowest BCUT2D eigenvalue weighted by Crippen LogP contribution is -2.45. The normalized spacial score (nSPS) is 20.1.